The number of aromatic nitrogens is 2. The second-order valence-corrected chi connectivity index (χ2v) is 5.03. The topological polar surface area (TPSA) is 85.4 Å². The molecule has 128 valence electrons. The Balaban J connectivity index is 1.89. The molecule has 2 rings (SSSR count). The Labute approximate surface area is 141 Å². The molecule has 0 spiro atoms. The summed E-state index contributed by atoms with van der Waals surface area (Å²) in [4.78, 5) is 20.1. The van der Waals surface area contributed by atoms with E-state index >= 15 is 0 Å². The van der Waals surface area contributed by atoms with Crippen molar-refractivity contribution in [2.24, 2.45) is 0 Å². The minimum absolute atomic E-state index is 0.248. The first-order chi connectivity index (χ1) is 11.7. The van der Waals surface area contributed by atoms with Crippen molar-refractivity contribution in [2.75, 3.05) is 39.2 Å². The van der Waals surface area contributed by atoms with Gasteiger partial charge in [0, 0.05) is 26.3 Å². The van der Waals surface area contributed by atoms with Crippen LogP contribution in [0.1, 0.15) is 16.1 Å². The van der Waals surface area contributed by atoms with Gasteiger partial charge < -0.3 is 20.1 Å². The standard InChI is InChI=1S/C17H22N4O3/c1-23-10-9-19-17(22)14-11-16(21-12-20-14)18-8-7-13-5-3-4-6-15(13)24-2/h3-6,11-12H,7-10H2,1-2H3,(H,19,22)(H,18,20,21). The maximum absolute atomic E-state index is 11.9. The molecule has 1 aromatic heterocycles. The first-order valence-electron chi connectivity index (χ1n) is 7.69. The average Bonchev–Trinajstić information content (AvgIpc) is 2.62. The van der Waals surface area contributed by atoms with E-state index in [9.17, 15) is 4.79 Å². The fourth-order valence-electron chi connectivity index (χ4n) is 2.17. The molecule has 0 aliphatic heterocycles. The van der Waals surface area contributed by atoms with Gasteiger partial charge in [-0.15, -0.1) is 0 Å². The highest BCUT2D eigenvalue weighted by atomic mass is 16.5. The number of carbonyl (C=O) groups is 1. The first-order valence-corrected chi connectivity index (χ1v) is 7.69. The van der Waals surface area contributed by atoms with Crippen molar-refractivity contribution in [3.05, 3.63) is 47.9 Å². The first kappa shape index (κ1) is 17.7. The van der Waals surface area contributed by atoms with Gasteiger partial charge in [-0.25, -0.2) is 9.97 Å². The molecule has 7 nitrogen and oxygen atoms in total. The third-order valence-electron chi connectivity index (χ3n) is 3.38. The Morgan fingerprint density at radius 2 is 2.00 bits per heavy atom. The summed E-state index contributed by atoms with van der Waals surface area (Å²) in [5.74, 6) is 1.22. The summed E-state index contributed by atoms with van der Waals surface area (Å²) < 4.78 is 10.2. The lowest BCUT2D eigenvalue weighted by Gasteiger charge is -2.10. The molecule has 24 heavy (non-hydrogen) atoms. The summed E-state index contributed by atoms with van der Waals surface area (Å²) in [6.07, 6.45) is 2.15. The quantitative estimate of drug-likeness (QED) is 0.678. The normalized spacial score (nSPS) is 10.2. The molecule has 2 aromatic rings. The van der Waals surface area contributed by atoms with Gasteiger partial charge in [-0.2, -0.15) is 0 Å². The van der Waals surface area contributed by atoms with Gasteiger partial charge in [-0.3, -0.25) is 4.79 Å². The third kappa shape index (κ3) is 5.20. The number of nitrogens with zero attached hydrogens (tertiary/aromatic N) is 2. The van der Waals surface area contributed by atoms with Gasteiger partial charge in [0.2, 0.25) is 0 Å². The van der Waals surface area contributed by atoms with Gasteiger partial charge in [-0.05, 0) is 18.1 Å². The van der Waals surface area contributed by atoms with Crippen molar-refractivity contribution < 1.29 is 14.3 Å². The van der Waals surface area contributed by atoms with Crippen molar-refractivity contribution in [3.8, 4) is 5.75 Å². The summed E-state index contributed by atoms with van der Waals surface area (Å²) in [6.45, 7) is 1.57. The molecule has 1 heterocycles. The van der Waals surface area contributed by atoms with Crippen molar-refractivity contribution in [1.29, 1.82) is 0 Å². The van der Waals surface area contributed by atoms with Gasteiger partial charge in [0.1, 0.15) is 23.6 Å². The molecule has 0 aliphatic rings. The number of rotatable bonds is 9. The molecular formula is C17H22N4O3. The highest BCUT2D eigenvalue weighted by Crippen LogP contribution is 2.17. The van der Waals surface area contributed by atoms with Crippen LogP contribution in [0.25, 0.3) is 0 Å². The molecular weight excluding hydrogens is 308 g/mol. The zero-order chi connectivity index (χ0) is 17.2. The fraction of sp³-hybridized carbons (Fsp3) is 0.353. The molecule has 2 N–H and O–H groups in total. The predicted octanol–water partition coefficient (Wildman–Crippen LogP) is 1.52. The van der Waals surface area contributed by atoms with E-state index in [0.717, 1.165) is 17.7 Å². The molecule has 0 unspecified atom stereocenters. The van der Waals surface area contributed by atoms with Crippen LogP contribution in [0.15, 0.2) is 36.7 Å². The van der Waals surface area contributed by atoms with Crippen LogP contribution in [0.4, 0.5) is 5.82 Å². The maximum Gasteiger partial charge on any atom is 0.270 e. The van der Waals surface area contributed by atoms with Gasteiger partial charge in [0.15, 0.2) is 0 Å². The van der Waals surface area contributed by atoms with Crippen molar-refractivity contribution in [3.63, 3.8) is 0 Å². The number of nitrogens with one attached hydrogen (secondary N) is 2. The molecule has 0 aliphatic carbocycles. The van der Waals surface area contributed by atoms with E-state index in [1.165, 1.54) is 6.33 Å². The van der Waals surface area contributed by atoms with Crippen molar-refractivity contribution in [2.45, 2.75) is 6.42 Å². The molecule has 0 radical (unpaired) electrons. The van der Waals surface area contributed by atoms with Crippen LogP contribution in [0, 0.1) is 0 Å². The molecule has 1 aromatic carbocycles. The third-order valence-corrected chi connectivity index (χ3v) is 3.38. The maximum atomic E-state index is 11.9. The molecule has 1 amide bonds. The average molecular weight is 330 g/mol. The number of para-hydroxylation sites is 1. The second-order valence-electron chi connectivity index (χ2n) is 5.03. The highest BCUT2D eigenvalue weighted by molar-refractivity contribution is 5.92. The van der Waals surface area contributed by atoms with E-state index in [1.54, 1.807) is 20.3 Å². The minimum Gasteiger partial charge on any atom is -0.496 e. The summed E-state index contributed by atoms with van der Waals surface area (Å²) in [5.41, 5.74) is 1.43. The van der Waals surface area contributed by atoms with E-state index in [4.69, 9.17) is 9.47 Å². The van der Waals surface area contributed by atoms with Crippen LogP contribution in [-0.2, 0) is 11.2 Å². The smallest absolute Gasteiger partial charge is 0.270 e. The van der Waals surface area contributed by atoms with Crippen LogP contribution in [-0.4, -0.2) is 49.8 Å². The number of ether oxygens (including phenoxy) is 2. The molecule has 7 heteroatoms. The van der Waals surface area contributed by atoms with Crippen LogP contribution < -0.4 is 15.4 Å². The van der Waals surface area contributed by atoms with Crippen LogP contribution >= 0.6 is 0 Å². The number of carbonyl (C=O) groups excluding carboxylic acids is 1. The zero-order valence-electron chi connectivity index (χ0n) is 13.9. The highest BCUT2D eigenvalue weighted by Gasteiger charge is 2.08. The number of benzene rings is 1. The van der Waals surface area contributed by atoms with Gasteiger partial charge >= 0.3 is 0 Å². The SMILES string of the molecule is COCCNC(=O)c1cc(NCCc2ccccc2OC)ncn1. The minimum atomic E-state index is -0.248. The molecule has 0 bridgehead atoms. The zero-order valence-corrected chi connectivity index (χ0v) is 13.9. The Bertz CT molecular complexity index is 664. The lowest BCUT2D eigenvalue weighted by Crippen LogP contribution is -2.27. The number of amides is 1. The largest absolute Gasteiger partial charge is 0.496 e. The van der Waals surface area contributed by atoms with Gasteiger partial charge in [0.05, 0.1) is 13.7 Å². The monoisotopic (exact) mass is 330 g/mol. The number of hydrogen-bond acceptors (Lipinski definition) is 6. The Kier molecular flexibility index (Phi) is 6.97. The number of hydrogen-bond donors (Lipinski definition) is 2. The number of anilines is 1. The molecule has 0 saturated carbocycles. The lowest BCUT2D eigenvalue weighted by atomic mass is 10.1. The van der Waals surface area contributed by atoms with Crippen LogP contribution in [0.2, 0.25) is 0 Å². The summed E-state index contributed by atoms with van der Waals surface area (Å²) >= 11 is 0. The van der Waals surface area contributed by atoms with Crippen molar-refractivity contribution in [1.82, 2.24) is 15.3 Å². The van der Waals surface area contributed by atoms with Crippen LogP contribution in [0.3, 0.4) is 0 Å². The molecule has 0 fully saturated rings. The van der Waals surface area contributed by atoms with Crippen LogP contribution in [0.5, 0.6) is 5.75 Å². The van der Waals surface area contributed by atoms with E-state index in [-0.39, 0.29) is 5.91 Å². The van der Waals surface area contributed by atoms with Gasteiger partial charge in [-0.1, -0.05) is 18.2 Å². The van der Waals surface area contributed by atoms with E-state index in [0.29, 0.717) is 31.2 Å². The Morgan fingerprint density at radius 3 is 2.79 bits per heavy atom. The summed E-state index contributed by atoms with van der Waals surface area (Å²) in [5, 5.41) is 5.92. The van der Waals surface area contributed by atoms with E-state index < -0.39 is 0 Å². The predicted molar refractivity (Wildman–Crippen MR) is 91.4 cm³/mol. The van der Waals surface area contributed by atoms with Crippen molar-refractivity contribution >= 4 is 11.7 Å². The second kappa shape index (κ2) is 9.46. The van der Waals surface area contributed by atoms with E-state index in [1.807, 2.05) is 24.3 Å². The summed E-state index contributed by atoms with van der Waals surface area (Å²) in [6, 6.07) is 9.50. The Hall–Kier alpha value is -2.67. The Morgan fingerprint density at radius 1 is 1.17 bits per heavy atom. The summed E-state index contributed by atoms with van der Waals surface area (Å²) in [7, 11) is 3.24. The van der Waals surface area contributed by atoms with E-state index in [2.05, 4.69) is 20.6 Å². The fourth-order valence-corrected chi connectivity index (χ4v) is 2.17. The molecule has 0 atom stereocenters. The van der Waals surface area contributed by atoms with Gasteiger partial charge in [0.25, 0.3) is 5.91 Å². The number of methoxy groups -OCH3 is 2. The molecule has 0 saturated heterocycles. The lowest BCUT2D eigenvalue weighted by molar-refractivity contribution is 0.0932.